The molecule has 3 heterocycles. The summed E-state index contributed by atoms with van der Waals surface area (Å²) >= 11 is 0. The van der Waals surface area contributed by atoms with Crippen LogP contribution in [0.1, 0.15) is 5.56 Å². The Balaban J connectivity index is 1.65. The zero-order valence-corrected chi connectivity index (χ0v) is 12.4. The van der Waals surface area contributed by atoms with Crippen LogP contribution in [0.4, 0.5) is 0 Å². The topological polar surface area (TPSA) is 59.4 Å². The van der Waals surface area contributed by atoms with E-state index in [4.69, 9.17) is 0 Å². The molecule has 5 nitrogen and oxygen atoms in total. The third-order valence-electron chi connectivity index (χ3n) is 3.69. The highest BCUT2D eigenvalue weighted by atomic mass is 15.2. The number of pyridine rings is 1. The van der Waals surface area contributed by atoms with Crippen molar-refractivity contribution in [3.8, 4) is 22.8 Å². The molecule has 0 saturated heterocycles. The van der Waals surface area contributed by atoms with Crippen LogP contribution in [0, 0.1) is 0 Å². The van der Waals surface area contributed by atoms with E-state index in [1.807, 2.05) is 48.8 Å². The highest BCUT2D eigenvalue weighted by molar-refractivity contribution is 5.64. The molecule has 0 aliphatic heterocycles. The van der Waals surface area contributed by atoms with Gasteiger partial charge in [-0.1, -0.05) is 30.3 Å². The molecule has 4 rings (SSSR count). The molecule has 0 aliphatic carbocycles. The highest BCUT2D eigenvalue weighted by Gasteiger charge is 2.11. The first-order chi connectivity index (χ1) is 11.4. The van der Waals surface area contributed by atoms with Gasteiger partial charge < -0.3 is 4.57 Å². The summed E-state index contributed by atoms with van der Waals surface area (Å²) in [6.07, 6.45) is 7.34. The summed E-state index contributed by atoms with van der Waals surface area (Å²) in [5.41, 5.74) is 3.97. The minimum absolute atomic E-state index is 0.775. The van der Waals surface area contributed by atoms with Crippen molar-refractivity contribution in [1.82, 2.24) is 24.7 Å². The molecule has 3 aromatic heterocycles. The molecular weight excluding hydrogens is 286 g/mol. The fourth-order valence-corrected chi connectivity index (χ4v) is 2.56. The van der Waals surface area contributed by atoms with Crippen LogP contribution >= 0.6 is 0 Å². The van der Waals surface area contributed by atoms with Crippen LogP contribution in [0.15, 0.2) is 73.3 Å². The Morgan fingerprint density at radius 3 is 2.74 bits per heavy atom. The van der Waals surface area contributed by atoms with E-state index in [1.54, 1.807) is 12.4 Å². The van der Waals surface area contributed by atoms with E-state index < -0.39 is 0 Å². The van der Waals surface area contributed by atoms with Gasteiger partial charge in [-0.3, -0.25) is 10.1 Å². The number of benzene rings is 1. The molecule has 0 aliphatic rings. The number of hydrogen-bond acceptors (Lipinski definition) is 3. The summed E-state index contributed by atoms with van der Waals surface area (Å²) in [7, 11) is 0. The number of aromatic amines is 1. The quantitative estimate of drug-likeness (QED) is 0.628. The molecule has 1 aromatic carbocycles. The lowest BCUT2D eigenvalue weighted by Gasteiger charge is -2.06. The summed E-state index contributed by atoms with van der Waals surface area (Å²) in [5, 5.41) is 7.44. The van der Waals surface area contributed by atoms with Crippen LogP contribution in [0.25, 0.3) is 22.8 Å². The Kier molecular flexibility index (Phi) is 3.44. The average molecular weight is 301 g/mol. The monoisotopic (exact) mass is 301 g/mol. The second kappa shape index (κ2) is 5.88. The SMILES string of the molecule is c1ccc(Cn2ccnc2-c2cc(-c3cccnc3)n[nH]2)cc1. The van der Waals surface area contributed by atoms with E-state index in [0.717, 1.165) is 29.3 Å². The third-order valence-corrected chi connectivity index (χ3v) is 3.69. The number of nitrogens with zero attached hydrogens (tertiary/aromatic N) is 4. The van der Waals surface area contributed by atoms with Crippen molar-refractivity contribution in [2.24, 2.45) is 0 Å². The van der Waals surface area contributed by atoms with Gasteiger partial charge in [0, 0.05) is 36.9 Å². The highest BCUT2D eigenvalue weighted by Crippen LogP contribution is 2.22. The maximum absolute atomic E-state index is 4.47. The minimum Gasteiger partial charge on any atom is -0.325 e. The van der Waals surface area contributed by atoms with Crippen LogP contribution in [0.5, 0.6) is 0 Å². The number of hydrogen-bond donors (Lipinski definition) is 1. The molecule has 0 atom stereocenters. The molecule has 0 saturated carbocycles. The van der Waals surface area contributed by atoms with Crippen molar-refractivity contribution >= 4 is 0 Å². The van der Waals surface area contributed by atoms with Gasteiger partial charge in [0.2, 0.25) is 0 Å². The van der Waals surface area contributed by atoms with E-state index in [-0.39, 0.29) is 0 Å². The minimum atomic E-state index is 0.775. The maximum atomic E-state index is 4.47. The van der Waals surface area contributed by atoms with Gasteiger partial charge in [0.1, 0.15) is 5.69 Å². The van der Waals surface area contributed by atoms with Crippen molar-refractivity contribution in [3.63, 3.8) is 0 Å². The number of nitrogens with one attached hydrogen (secondary N) is 1. The van der Waals surface area contributed by atoms with Crippen molar-refractivity contribution in [2.45, 2.75) is 6.54 Å². The molecule has 23 heavy (non-hydrogen) atoms. The standard InChI is InChI=1S/C18H15N5/c1-2-5-14(6-3-1)13-23-10-9-20-18(23)17-11-16(21-22-17)15-7-4-8-19-12-15/h1-12H,13H2,(H,21,22). The smallest absolute Gasteiger partial charge is 0.158 e. The lowest BCUT2D eigenvalue weighted by atomic mass is 10.2. The summed E-state index contributed by atoms with van der Waals surface area (Å²) in [6.45, 7) is 0.775. The Hall–Kier alpha value is -3.21. The Morgan fingerprint density at radius 2 is 1.91 bits per heavy atom. The molecular formula is C18H15N5. The summed E-state index contributed by atoms with van der Waals surface area (Å²) < 4.78 is 2.11. The second-order valence-electron chi connectivity index (χ2n) is 5.27. The van der Waals surface area contributed by atoms with Crippen LogP contribution in [-0.2, 0) is 6.54 Å². The van der Waals surface area contributed by atoms with Crippen LogP contribution in [0.3, 0.4) is 0 Å². The molecule has 4 aromatic rings. The largest absolute Gasteiger partial charge is 0.325 e. The second-order valence-corrected chi connectivity index (χ2v) is 5.27. The Morgan fingerprint density at radius 1 is 1.00 bits per heavy atom. The van der Waals surface area contributed by atoms with Crippen molar-refractivity contribution in [2.75, 3.05) is 0 Å². The molecule has 112 valence electrons. The van der Waals surface area contributed by atoms with Gasteiger partial charge in [-0.05, 0) is 23.8 Å². The summed E-state index contributed by atoms with van der Waals surface area (Å²) in [6, 6.07) is 16.2. The van der Waals surface area contributed by atoms with E-state index in [1.165, 1.54) is 5.56 Å². The van der Waals surface area contributed by atoms with Gasteiger partial charge in [-0.2, -0.15) is 5.10 Å². The number of aromatic nitrogens is 5. The predicted octanol–water partition coefficient (Wildman–Crippen LogP) is 3.38. The first-order valence-corrected chi connectivity index (χ1v) is 7.41. The van der Waals surface area contributed by atoms with Gasteiger partial charge >= 0.3 is 0 Å². The fourth-order valence-electron chi connectivity index (χ4n) is 2.56. The molecule has 0 radical (unpaired) electrons. The van der Waals surface area contributed by atoms with Crippen LogP contribution < -0.4 is 0 Å². The van der Waals surface area contributed by atoms with Gasteiger partial charge in [0.05, 0.1) is 5.69 Å². The van der Waals surface area contributed by atoms with Crippen molar-refractivity contribution < 1.29 is 0 Å². The lowest BCUT2D eigenvalue weighted by molar-refractivity contribution is 0.802. The van der Waals surface area contributed by atoms with E-state index in [0.29, 0.717) is 0 Å². The normalized spacial score (nSPS) is 10.8. The van der Waals surface area contributed by atoms with E-state index >= 15 is 0 Å². The fraction of sp³-hybridized carbons (Fsp3) is 0.0556. The van der Waals surface area contributed by atoms with Crippen molar-refractivity contribution in [3.05, 3.63) is 78.9 Å². The lowest BCUT2D eigenvalue weighted by Crippen LogP contribution is -2.01. The maximum Gasteiger partial charge on any atom is 0.158 e. The molecule has 0 fully saturated rings. The Labute approximate surface area is 133 Å². The first kappa shape index (κ1) is 13.5. The zero-order valence-electron chi connectivity index (χ0n) is 12.4. The molecule has 0 amide bonds. The van der Waals surface area contributed by atoms with Gasteiger partial charge in [-0.15, -0.1) is 0 Å². The third kappa shape index (κ3) is 2.76. The van der Waals surface area contributed by atoms with E-state index in [9.17, 15) is 0 Å². The average Bonchev–Trinajstić information content (AvgIpc) is 3.25. The number of rotatable bonds is 4. The molecule has 1 N–H and O–H groups in total. The molecule has 0 unspecified atom stereocenters. The first-order valence-electron chi connectivity index (χ1n) is 7.41. The van der Waals surface area contributed by atoms with E-state index in [2.05, 4.69) is 36.9 Å². The van der Waals surface area contributed by atoms with Crippen LogP contribution in [0.2, 0.25) is 0 Å². The summed E-state index contributed by atoms with van der Waals surface area (Å²) in [5.74, 6) is 0.872. The van der Waals surface area contributed by atoms with Gasteiger partial charge in [0.15, 0.2) is 5.82 Å². The predicted molar refractivity (Wildman–Crippen MR) is 88.6 cm³/mol. The molecule has 0 bridgehead atoms. The summed E-state index contributed by atoms with van der Waals surface area (Å²) in [4.78, 5) is 8.60. The van der Waals surface area contributed by atoms with Gasteiger partial charge in [-0.25, -0.2) is 4.98 Å². The number of H-pyrrole nitrogens is 1. The number of imidazole rings is 1. The van der Waals surface area contributed by atoms with Crippen LogP contribution in [-0.4, -0.2) is 24.7 Å². The Bertz CT molecular complexity index is 893. The van der Waals surface area contributed by atoms with Crippen molar-refractivity contribution in [1.29, 1.82) is 0 Å². The zero-order chi connectivity index (χ0) is 15.5. The van der Waals surface area contributed by atoms with Gasteiger partial charge in [0.25, 0.3) is 0 Å². The molecule has 5 heteroatoms. The molecule has 0 spiro atoms.